The van der Waals surface area contributed by atoms with Crippen LogP contribution in [0.2, 0.25) is 0 Å². The van der Waals surface area contributed by atoms with Gasteiger partial charge in [0.1, 0.15) is 11.6 Å². The summed E-state index contributed by atoms with van der Waals surface area (Å²) in [6.45, 7) is 0. The summed E-state index contributed by atoms with van der Waals surface area (Å²) in [4.78, 5) is 24.5. The van der Waals surface area contributed by atoms with Crippen molar-refractivity contribution in [3.8, 4) is 17.0 Å². The summed E-state index contributed by atoms with van der Waals surface area (Å²) in [5, 5.41) is 13.7. The van der Waals surface area contributed by atoms with E-state index in [0.717, 1.165) is 14.2 Å². The molecule has 31 heavy (non-hydrogen) atoms. The van der Waals surface area contributed by atoms with E-state index in [0.29, 0.717) is 32.3 Å². The molecule has 0 aliphatic carbocycles. The van der Waals surface area contributed by atoms with Crippen molar-refractivity contribution in [2.24, 2.45) is 0 Å². The molecule has 0 saturated carbocycles. The Kier molecular flexibility index (Phi) is 6.55. The van der Waals surface area contributed by atoms with E-state index in [-0.39, 0.29) is 0 Å². The first-order valence-corrected chi connectivity index (χ1v) is 9.67. The average Bonchev–Trinajstić information content (AvgIpc) is 2.78. The third kappa shape index (κ3) is 4.22. The SMILES string of the molecule is COC(=O)/C([O-])=C(\C(=O)OC)[n+]1cc2cc(F)ccc2c(Br)c1-c1ccc(OC)cc1. The quantitative estimate of drug-likeness (QED) is 0.237. The minimum atomic E-state index is -1.25. The summed E-state index contributed by atoms with van der Waals surface area (Å²) >= 11 is 3.50. The van der Waals surface area contributed by atoms with Crippen LogP contribution in [0.1, 0.15) is 0 Å². The molecule has 0 saturated heterocycles. The predicted octanol–water partition coefficient (Wildman–Crippen LogP) is 2.58. The second-order valence-corrected chi connectivity index (χ2v) is 7.08. The van der Waals surface area contributed by atoms with Gasteiger partial charge >= 0.3 is 11.9 Å². The van der Waals surface area contributed by atoms with Crippen molar-refractivity contribution in [2.45, 2.75) is 0 Å². The molecule has 160 valence electrons. The van der Waals surface area contributed by atoms with E-state index in [1.807, 2.05) is 0 Å². The highest BCUT2D eigenvalue weighted by Crippen LogP contribution is 2.34. The van der Waals surface area contributed by atoms with Crippen LogP contribution in [-0.4, -0.2) is 33.3 Å². The first-order chi connectivity index (χ1) is 14.8. The maximum absolute atomic E-state index is 13.9. The fourth-order valence-corrected chi connectivity index (χ4v) is 3.84. The van der Waals surface area contributed by atoms with Gasteiger partial charge in [-0.1, -0.05) is 0 Å². The number of esters is 2. The van der Waals surface area contributed by atoms with Crippen LogP contribution in [0.5, 0.6) is 5.75 Å². The van der Waals surface area contributed by atoms with Crippen molar-refractivity contribution in [3.63, 3.8) is 0 Å². The summed E-state index contributed by atoms with van der Waals surface area (Å²) in [6.07, 6.45) is 1.38. The minimum Gasteiger partial charge on any atom is -0.863 e. The van der Waals surface area contributed by atoms with Gasteiger partial charge < -0.3 is 19.3 Å². The predicted molar refractivity (Wildman–Crippen MR) is 111 cm³/mol. The Hall–Kier alpha value is -3.46. The van der Waals surface area contributed by atoms with Gasteiger partial charge in [-0.25, -0.2) is 14.0 Å². The van der Waals surface area contributed by atoms with Gasteiger partial charge in [0, 0.05) is 10.9 Å². The van der Waals surface area contributed by atoms with E-state index in [1.165, 1.54) is 30.0 Å². The molecule has 3 aromatic rings. The number of hydrogen-bond acceptors (Lipinski definition) is 6. The molecule has 0 atom stereocenters. The van der Waals surface area contributed by atoms with E-state index >= 15 is 0 Å². The van der Waals surface area contributed by atoms with Crippen molar-refractivity contribution < 1.29 is 37.9 Å². The van der Waals surface area contributed by atoms with Gasteiger partial charge in [0.25, 0.3) is 5.70 Å². The highest BCUT2D eigenvalue weighted by molar-refractivity contribution is 9.10. The fourth-order valence-electron chi connectivity index (χ4n) is 3.05. The second-order valence-electron chi connectivity index (χ2n) is 6.28. The zero-order valence-corrected chi connectivity index (χ0v) is 18.4. The zero-order chi connectivity index (χ0) is 22.7. The van der Waals surface area contributed by atoms with E-state index in [2.05, 4.69) is 20.7 Å². The summed E-state index contributed by atoms with van der Waals surface area (Å²) in [5.41, 5.74) is 0.337. The zero-order valence-electron chi connectivity index (χ0n) is 16.8. The lowest BCUT2D eigenvalue weighted by Gasteiger charge is -2.15. The number of halogens is 2. The fraction of sp³-hybridized carbons (Fsp3) is 0.136. The molecule has 3 rings (SSSR count). The number of pyridine rings is 1. The van der Waals surface area contributed by atoms with Gasteiger partial charge in [0.05, 0.1) is 36.9 Å². The monoisotopic (exact) mass is 489 g/mol. The molecule has 0 unspecified atom stereocenters. The highest BCUT2D eigenvalue weighted by Gasteiger charge is 2.32. The largest absolute Gasteiger partial charge is 0.863 e. The van der Waals surface area contributed by atoms with E-state index in [4.69, 9.17) is 9.47 Å². The minimum absolute atomic E-state index is 0.361. The molecule has 0 aliphatic rings. The molecule has 9 heteroatoms. The maximum Gasteiger partial charge on any atom is 0.403 e. The Bertz CT molecular complexity index is 1210. The lowest BCUT2D eigenvalue weighted by molar-refractivity contribution is -0.570. The molecule has 2 aromatic carbocycles. The number of nitrogens with zero attached hydrogens (tertiary/aromatic N) is 1. The second kappa shape index (κ2) is 9.13. The third-order valence-corrected chi connectivity index (χ3v) is 5.34. The molecule has 0 spiro atoms. The van der Waals surface area contributed by atoms with Crippen LogP contribution in [0.25, 0.3) is 27.7 Å². The van der Waals surface area contributed by atoms with Gasteiger partial charge in [-0.3, -0.25) is 0 Å². The molecule has 0 aliphatic heterocycles. The number of benzene rings is 2. The van der Waals surface area contributed by atoms with Crippen molar-refractivity contribution in [2.75, 3.05) is 21.3 Å². The number of rotatable bonds is 5. The first kappa shape index (κ1) is 22.2. The Balaban J connectivity index is 2.46. The van der Waals surface area contributed by atoms with E-state index in [9.17, 15) is 19.1 Å². The van der Waals surface area contributed by atoms with Crippen molar-refractivity contribution in [3.05, 3.63) is 64.7 Å². The highest BCUT2D eigenvalue weighted by atomic mass is 79.9. The Labute approximate surface area is 185 Å². The number of methoxy groups -OCH3 is 3. The lowest BCUT2D eigenvalue weighted by atomic mass is 10.1. The molecule has 0 N–H and O–H groups in total. The molecule has 0 fully saturated rings. The van der Waals surface area contributed by atoms with E-state index < -0.39 is 29.2 Å². The summed E-state index contributed by atoms with van der Waals surface area (Å²) in [7, 11) is 3.62. The van der Waals surface area contributed by atoms with Crippen LogP contribution in [0, 0.1) is 5.82 Å². The Morgan fingerprint density at radius 2 is 1.65 bits per heavy atom. The Morgan fingerprint density at radius 3 is 2.23 bits per heavy atom. The van der Waals surface area contributed by atoms with Crippen LogP contribution in [-0.2, 0) is 19.1 Å². The smallest absolute Gasteiger partial charge is 0.403 e. The molecule has 0 radical (unpaired) electrons. The average molecular weight is 490 g/mol. The van der Waals surface area contributed by atoms with Crippen molar-refractivity contribution in [1.29, 1.82) is 0 Å². The van der Waals surface area contributed by atoms with Crippen LogP contribution < -0.4 is 14.4 Å². The van der Waals surface area contributed by atoms with Crippen molar-refractivity contribution >= 4 is 44.3 Å². The van der Waals surface area contributed by atoms with Gasteiger partial charge in [0.15, 0.2) is 6.20 Å². The summed E-state index contributed by atoms with van der Waals surface area (Å²) < 4.78 is 30.0. The number of ether oxygens (including phenoxy) is 3. The molecule has 0 amide bonds. The number of aromatic nitrogens is 1. The molecular formula is C22H17BrFNO6. The molecule has 0 bridgehead atoms. The molecule has 1 aromatic heterocycles. The van der Waals surface area contributed by atoms with Crippen molar-refractivity contribution in [1.82, 2.24) is 0 Å². The molecule has 7 nitrogen and oxygen atoms in total. The summed E-state index contributed by atoms with van der Waals surface area (Å²) in [6, 6.07) is 10.9. The maximum atomic E-state index is 13.9. The van der Waals surface area contributed by atoms with Crippen LogP contribution in [0.3, 0.4) is 0 Å². The van der Waals surface area contributed by atoms with Gasteiger partial charge in [-0.15, -0.1) is 0 Å². The van der Waals surface area contributed by atoms with E-state index in [1.54, 1.807) is 30.3 Å². The van der Waals surface area contributed by atoms with Gasteiger partial charge in [0.2, 0.25) is 5.69 Å². The van der Waals surface area contributed by atoms with Crippen LogP contribution >= 0.6 is 15.9 Å². The number of hydrogen-bond donors (Lipinski definition) is 0. The number of fused-ring (bicyclic) bond motifs is 1. The van der Waals surface area contributed by atoms with Crippen LogP contribution in [0.15, 0.2) is 58.9 Å². The standard InChI is InChI=1S/C22H17BrFNO6/c1-29-15-7-4-12(5-8-15)18-17(23)16-9-6-14(24)10-13(16)11-25(18)19(21(27)30-2)20(26)22(28)31-3/h4-11H,1-3H3. The first-order valence-electron chi connectivity index (χ1n) is 8.88. The summed E-state index contributed by atoms with van der Waals surface area (Å²) in [5.74, 6) is -3.43. The number of carbonyl (C=O) groups excluding carboxylic acids is 2. The number of carbonyl (C=O) groups is 2. The van der Waals surface area contributed by atoms with Gasteiger partial charge in [-0.2, -0.15) is 4.57 Å². The Morgan fingerprint density at radius 1 is 1.00 bits per heavy atom. The van der Waals surface area contributed by atoms with Gasteiger partial charge in [-0.05, 0) is 58.4 Å². The van der Waals surface area contributed by atoms with Crippen LogP contribution in [0.4, 0.5) is 4.39 Å². The topological polar surface area (TPSA) is 88.8 Å². The molecule has 1 heterocycles. The molecular weight excluding hydrogens is 473 g/mol. The third-order valence-electron chi connectivity index (χ3n) is 4.54. The lowest BCUT2D eigenvalue weighted by Crippen LogP contribution is -2.43. The normalized spacial score (nSPS) is 11.6.